The molecular formula is C20H26N2O4. The number of nitrogens with zero attached hydrogens (tertiary/aromatic N) is 2. The molecule has 1 unspecified atom stereocenters. The second kappa shape index (κ2) is 9.77. The van der Waals surface area contributed by atoms with Crippen molar-refractivity contribution < 1.29 is 19.0 Å². The number of rotatable bonds is 9. The van der Waals surface area contributed by atoms with Crippen LogP contribution in [0.15, 0.2) is 42.7 Å². The van der Waals surface area contributed by atoms with E-state index >= 15 is 0 Å². The summed E-state index contributed by atoms with van der Waals surface area (Å²) in [6, 6.07) is 9.35. The van der Waals surface area contributed by atoms with Crippen molar-refractivity contribution in [3.63, 3.8) is 0 Å². The summed E-state index contributed by atoms with van der Waals surface area (Å²) in [4.78, 5) is 18.8. The van der Waals surface area contributed by atoms with E-state index in [1.165, 1.54) is 0 Å². The number of pyridine rings is 1. The molecule has 0 N–H and O–H groups in total. The van der Waals surface area contributed by atoms with E-state index in [1.807, 2.05) is 42.2 Å². The Morgan fingerprint density at radius 3 is 2.50 bits per heavy atom. The molecule has 2 aromatic rings. The SMILES string of the molecule is COCC(C)N(Cc1ccc(OC)c(OC)c1)C(=O)Cc1cccnc1. The molecule has 1 amide bonds. The number of ether oxygens (including phenoxy) is 3. The lowest BCUT2D eigenvalue weighted by molar-refractivity contribution is -0.134. The van der Waals surface area contributed by atoms with E-state index in [1.54, 1.807) is 33.7 Å². The zero-order valence-electron chi connectivity index (χ0n) is 15.8. The molecular weight excluding hydrogens is 332 g/mol. The highest BCUT2D eigenvalue weighted by Gasteiger charge is 2.21. The molecule has 1 atom stereocenters. The number of aromatic nitrogens is 1. The zero-order chi connectivity index (χ0) is 18.9. The van der Waals surface area contributed by atoms with Gasteiger partial charge in [-0.2, -0.15) is 0 Å². The maximum Gasteiger partial charge on any atom is 0.227 e. The summed E-state index contributed by atoms with van der Waals surface area (Å²) in [7, 11) is 4.83. The Kier molecular flexibility index (Phi) is 7.41. The molecule has 26 heavy (non-hydrogen) atoms. The minimum atomic E-state index is -0.0581. The quantitative estimate of drug-likeness (QED) is 0.690. The van der Waals surface area contributed by atoms with Gasteiger partial charge in [-0.25, -0.2) is 0 Å². The molecule has 0 bridgehead atoms. The van der Waals surface area contributed by atoms with E-state index in [9.17, 15) is 4.79 Å². The summed E-state index contributed by atoms with van der Waals surface area (Å²) in [6.45, 7) is 2.90. The maximum absolute atomic E-state index is 12.9. The van der Waals surface area contributed by atoms with Crippen LogP contribution in [0.4, 0.5) is 0 Å². The van der Waals surface area contributed by atoms with Crippen molar-refractivity contribution in [2.75, 3.05) is 27.9 Å². The lowest BCUT2D eigenvalue weighted by Gasteiger charge is -2.29. The summed E-state index contributed by atoms with van der Waals surface area (Å²) in [5.41, 5.74) is 1.85. The van der Waals surface area contributed by atoms with Gasteiger partial charge < -0.3 is 19.1 Å². The largest absolute Gasteiger partial charge is 0.493 e. The summed E-state index contributed by atoms with van der Waals surface area (Å²) < 4.78 is 15.9. The first-order chi connectivity index (χ1) is 12.6. The molecule has 0 radical (unpaired) electrons. The predicted molar refractivity (Wildman–Crippen MR) is 99.4 cm³/mol. The van der Waals surface area contributed by atoms with Crippen molar-refractivity contribution in [3.8, 4) is 11.5 Å². The monoisotopic (exact) mass is 358 g/mol. The van der Waals surface area contributed by atoms with Crippen molar-refractivity contribution in [2.45, 2.75) is 25.9 Å². The van der Waals surface area contributed by atoms with Gasteiger partial charge in [0.1, 0.15) is 0 Å². The van der Waals surface area contributed by atoms with Crippen LogP contribution >= 0.6 is 0 Å². The van der Waals surface area contributed by atoms with Gasteiger partial charge in [-0.1, -0.05) is 12.1 Å². The standard InChI is InChI=1S/C20H26N2O4/c1-15(14-24-2)22(20(23)11-16-6-5-9-21-12-16)13-17-7-8-18(25-3)19(10-17)26-4/h5-10,12,15H,11,13-14H2,1-4H3. The molecule has 6 nitrogen and oxygen atoms in total. The second-order valence-corrected chi connectivity index (χ2v) is 6.05. The van der Waals surface area contributed by atoms with Crippen LogP contribution in [0.1, 0.15) is 18.1 Å². The van der Waals surface area contributed by atoms with Crippen LogP contribution in [0, 0.1) is 0 Å². The van der Waals surface area contributed by atoms with E-state index < -0.39 is 0 Å². The Morgan fingerprint density at radius 2 is 1.88 bits per heavy atom. The Morgan fingerprint density at radius 1 is 1.12 bits per heavy atom. The number of benzene rings is 1. The van der Waals surface area contributed by atoms with Crippen LogP contribution in [-0.2, 0) is 22.5 Å². The third-order valence-electron chi connectivity index (χ3n) is 4.14. The number of carbonyl (C=O) groups excluding carboxylic acids is 1. The fourth-order valence-corrected chi connectivity index (χ4v) is 2.78. The molecule has 1 heterocycles. The third kappa shape index (κ3) is 5.20. The van der Waals surface area contributed by atoms with Crippen LogP contribution in [0.2, 0.25) is 0 Å². The van der Waals surface area contributed by atoms with E-state index in [0.29, 0.717) is 31.1 Å². The Labute approximate surface area is 154 Å². The van der Waals surface area contributed by atoms with Gasteiger partial charge in [-0.05, 0) is 36.2 Å². The zero-order valence-corrected chi connectivity index (χ0v) is 15.8. The topological polar surface area (TPSA) is 60.9 Å². The van der Waals surface area contributed by atoms with Gasteiger partial charge in [0.25, 0.3) is 0 Å². The number of hydrogen-bond acceptors (Lipinski definition) is 5. The highest BCUT2D eigenvalue weighted by molar-refractivity contribution is 5.79. The molecule has 0 aliphatic carbocycles. The van der Waals surface area contributed by atoms with Crippen molar-refractivity contribution in [1.29, 1.82) is 0 Å². The van der Waals surface area contributed by atoms with E-state index in [4.69, 9.17) is 14.2 Å². The molecule has 0 saturated carbocycles. The smallest absolute Gasteiger partial charge is 0.227 e. The predicted octanol–water partition coefficient (Wildman–Crippen LogP) is 2.71. The molecule has 0 fully saturated rings. The van der Waals surface area contributed by atoms with Crippen molar-refractivity contribution in [2.24, 2.45) is 0 Å². The van der Waals surface area contributed by atoms with Gasteiger partial charge in [-0.15, -0.1) is 0 Å². The highest BCUT2D eigenvalue weighted by atomic mass is 16.5. The molecule has 0 aliphatic rings. The molecule has 1 aromatic carbocycles. The fraction of sp³-hybridized carbons (Fsp3) is 0.400. The summed E-state index contributed by atoms with van der Waals surface area (Å²) in [5, 5.41) is 0. The number of amides is 1. The fourth-order valence-electron chi connectivity index (χ4n) is 2.78. The van der Waals surface area contributed by atoms with Crippen molar-refractivity contribution in [3.05, 3.63) is 53.9 Å². The maximum atomic E-state index is 12.9. The van der Waals surface area contributed by atoms with Gasteiger partial charge in [0.05, 0.1) is 33.3 Å². The van der Waals surface area contributed by atoms with Gasteiger partial charge in [-0.3, -0.25) is 9.78 Å². The van der Waals surface area contributed by atoms with Gasteiger partial charge in [0.15, 0.2) is 11.5 Å². The Bertz CT molecular complexity index is 706. The highest BCUT2D eigenvalue weighted by Crippen LogP contribution is 2.28. The van der Waals surface area contributed by atoms with Gasteiger partial charge >= 0.3 is 0 Å². The minimum Gasteiger partial charge on any atom is -0.493 e. The first kappa shape index (κ1) is 19.7. The molecule has 0 aliphatic heterocycles. The second-order valence-electron chi connectivity index (χ2n) is 6.05. The van der Waals surface area contributed by atoms with Crippen LogP contribution in [0.25, 0.3) is 0 Å². The molecule has 0 saturated heterocycles. The van der Waals surface area contributed by atoms with Gasteiger partial charge in [0.2, 0.25) is 5.91 Å². The number of hydrogen-bond donors (Lipinski definition) is 0. The number of methoxy groups -OCH3 is 3. The Hall–Kier alpha value is -2.60. The molecule has 0 spiro atoms. The summed E-state index contributed by atoms with van der Waals surface area (Å²) >= 11 is 0. The van der Waals surface area contributed by atoms with E-state index in [0.717, 1.165) is 11.1 Å². The summed E-state index contributed by atoms with van der Waals surface area (Å²) in [6.07, 6.45) is 3.71. The lowest BCUT2D eigenvalue weighted by atomic mass is 10.1. The van der Waals surface area contributed by atoms with Crippen LogP contribution in [-0.4, -0.2) is 49.8 Å². The molecule has 6 heteroatoms. The van der Waals surface area contributed by atoms with E-state index in [-0.39, 0.29) is 11.9 Å². The molecule has 140 valence electrons. The van der Waals surface area contributed by atoms with Crippen LogP contribution < -0.4 is 9.47 Å². The summed E-state index contributed by atoms with van der Waals surface area (Å²) in [5.74, 6) is 1.33. The minimum absolute atomic E-state index is 0.0253. The van der Waals surface area contributed by atoms with Gasteiger partial charge in [0, 0.05) is 26.0 Å². The first-order valence-corrected chi connectivity index (χ1v) is 8.47. The molecule has 2 rings (SSSR count). The van der Waals surface area contributed by atoms with Crippen molar-refractivity contribution >= 4 is 5.91 Å². The molecule has 1 aromatic heterocycles. The third-order valence-corrected chi connectivity index (χ3v) is 4.14. The van der Waals surface area contributed by atoms with Crippen LogP contribution in [0.5, 0.6) is 11.5 Å². The first-order valence-electron chi connectivity index (χ1n) is 8.47. The Balaban J connectivity index is 2.20. The lowest BCUT2D eigenvalue weighted by Crippen LogP contribution is -2.41. The van der Waals surface area contributed by atoms with Crippen LogP contribution in [0.3, 0.4) is 0 Å². The van der Waals surface area contributed by atoms with E-state index in [2.05, 4.69) is 4.98 Å². The number of carbonyl (C=O) groups is 1. The van der Waals surface area contributed by atoms with Crippen molar-refractivity contribution in [1.82, 2.24) is 9.88 Å². The average Bonchev–Trinajstić information content (AvgIpc) is 2.66. The normalized spacial score (nSPS) is 11.7. The average molecular weight is 358 g/mol.